The number of aryl methyl sites for hydroxylation is 2. The summed E-state index contributed by atoms with van der Waals surface area (Å²) >= 11 is 0. The fourth-order valence-electron chi connectivity index (χ4n) is 5.14. The van der Waals surface area contributed by atoms with Crippen molar-refractivity contribution < 1.29 is 22.8 Å². The van der Waals surface area contributed by atoms with Gasteiger partial charge in [-0.25, -0.2) is 8.42 Å². The molecule has 2 saturated heterocycles. The second kappa shape index (κ2) is 10.6. The average molecular weight is 515 g/mol. The summed E-state index contributed by atoms with van der Waals surface area (Å²) in [5.41, 5.74) is 2.31. The summed E-state index contributed by atoms with van der Waals surface area (Å²) in [6.45, 7) is 6.54. The first kappa shape index (κ1) is 26.1. The van der Waals surface area contributed by atoms with Crippen LogP contribution >= 0.6 is 0 Å². The van der Waals surface area contributed by atoms with E-state index in [0.29, 0.717) is 48.6 Å². The standard InChI is InChI=1S/C26H34N4O5S/c1-17-23(26(33)29-12-5-4-6-13-29)24(18(2)27-17)36(34,35)30-14-10-20(11-15-30)25(32)28-22-9-7-8-21(16-22)19(3)31/h7-9,16,20,27H,4-6,10-15H2,1-3H3,(H,28,32). The summed E-state index contributed by atoms with van der Waals surface area (Å²) < 4.78 is 28.8. The smallest absolute Gasteiger partial charge is 0.257 e. The monoisotopic (exact) mass is 514 g/mol. The van der Waals surface area contributed by atoms with Gasteiger partial charge in [0.15, 0.2) is 5.78 Å². The molecule has 0 spiro atoms. The number of amides is 2. The number of sulfonamides is 1. The highest BCUT2D eigenvalue weighted by atomic mass is 32.2. The van der Waals surface area contributed by atoms with Gasteiger partial charge in [0.05, 0.1) is 5.56 Å². The first-order chi connectivity index (χ1) is 17.1. The Balaban J connectivity index is 1.47. The number of carbonyl (C=O) groups excluding carboxylic acids is 3. The number of H-pyrrole nitrogens is 1. The number of anilines is 1. The van der Waals surface area contributed by atoms with Gasteiger partial charge in [-0.15, -0.1) is 0 Å². The molecule has 0 aliphatic carbocycles. The molecule has 4 rings (SSSR count). The number of piperidine rings is 2. The van der Waals surface area contributed by atoms with E-state index in [1.807, 2.05) is 0 Å². The van der Waals surface area contributed by atoms with Crippen LogP contribution in [0.1, 0.15) is 71.1 Å². The summed E-state index contributed by atoms with van der Waals surface area (Å²) in [6, 6.07) is 6.77. The van der Waals surface area contributed by atoms with Crippen molar-refractivity contribution in [3.63, 3.8) is 0 Å². The van der Waals surface area contributed by atoms with Crippen LogP contribution in [0.15, 0.2) is 29.2 Å². The lowest BCUT2D eigenvalue weighted by Gasteiger charge is -2.31. The fourth-order valence-corrected chi connectivity index (χ4v) is 7.03. The first-order valence-electron chi connectivity index (χ1n) is 12.5. The van der Waals surface area contributed by atoms with Gasteiger partial charge in [-0.1, -0.05) is 12.1 Å². The highest BCUT2D eigenvalue weighted by Crippen LogP contribution is 2.31. The topological polar surface area (TPSA) is 120 Å². The molecule has 2 aliphatic heterocycles. The largest absolute Gasteiger partial charge is 0.361 e. The zero-order valence-electron chi connectivity index (χ0n) is 21.1. The third kappa shape index (κ3) is 5.24. The van der Waals surface area contributed by atoms with Gasteiger partial charge in [0.1, 0.15) is 4.90 Å². The van der Waals surface area contributed by atoms with Crippen LogP contribution < -0.4 is 5.32 Å². The van der Waals surface area contributed by atoms with E-state index in [1.165, 1.54) is 11.2 Å². The Bertz CT molecular complexity index is 1270. The predicted octanol–water partition coefficient (Wildman–Crippen LogP) is 3.50. The number of nitrogens with one attached hydrogen (secondary N) is 2. The zero-order valence-corrected chi connectivity index (χ0v) is 21.9. The molecular formula is C26H34N4O5S. The lowest BCUT2D eigenvalue weighted by Crippen LogP contribution is -2.42. The maximum atomic E-state index is 13.7. The highest BCUT2D eigenvalue weighted by Gasteiger charge is 2.38. The molecule has 0 radical (unpaired) electrons. The minimum atomic E-state index is -3.92. The van der Waals surface area contributed by atoms with Gasteiger partial charge >= 0.3 is 0 Å². The maximum Gasteiger partial charge on any atom is 0.257 e. The maximum absolute atomic E-state index is 13.7. The first-order valence-corrected chi connectivity index (χ1v) is 13.9. The van der Waals surface area contributed by atoms with Crippen LogP contribution in [0.25, 0.3) is 0 Å². The van der Waals surface area contributed by atoms with Crippen LogP contribution in [0.3, 0.4) is 0 Å². The third-order valence-electron chi connectivity index (χ3n) is 7.13. The Kier molecular flexibility index (Phi) is 7.65. The van der Waals surface area contributed by atoms with Crippen molar-refractivity contribution in [2.75, 3.05) is 31.5 Å². The van der Waals surface area contributed by atoms with Gasteiger partial charge in [-0.2, -0.15) is 4.31 Å². The normalized spacial score (nSPS) is 17.7. The lowest BCUT2D eigenvalue weighted by molar-refractivity contribution is -0.120. The van der Waals surface area contributed by atoms with Gasteiger partial charge in [0, 0.05) is 54.7 Å². The molecule has 2 N–H and O–H groups in total. The number of Topliss-reactive ketones (excluding diaryl/α,β-unsaturated/α-hetero) is 1. The predicted molar refractivity (Wildman–Crippen MR) is 137 cm³/mol. The number of hydrogen-bond acceptors (Lipinski definition) is 5. The molecule has 0 unspecified atom stereocenters. The Hall–Kier alpha value is -2.98. The van der Waals surface area contributed by atoms with Crippen molar-refractivity contribution in [3.8, 4) is 0 Å². The van der Waals surface area contributed by atoms with E-state index >= 15 is 0 Å². The molecule has 36 heavy (non-hydrogen) atoms. The summed E-state index contributed by atoms with van der Waals surface area (Å²) in [4.78, 5) is 42.6. The van der Waals surface area contributed by atoms with E-state index in [4.69, 9.17) is 0 Å². The second-order valence-electron chi connectivity index (χ2n) is 9.74. The third-order valence-corrected chi connectivity index (χ3v) is 9.21. The van der Waals surface area contributed by atoms with Gasteiger partial charge < -0.3 is 15.2 Å². The van der Waals surface area contributed by atoms with E-state index in [1.54, 1.807) is 43.0 Å². The fraction of sp³-hybridized carbons (Fsp3) is 0.500. The van der Waals surface area contributed by atoms with Gasteiger partial charge in [0.2, 0.25) is 15.9 Å². The number of ketones is 1. The molecule has 3 heterocycles. The molecule has 1 aromatic heterocycles. The van der Waals surface area contributed by atoms with Gasteiger partial charge in [-0.05, 0) is 65.0 Å². The Morgan fingerprint density at radius 1 is 0.972 bits per heavy atom. The van der Waals surface area contributed by atoms with Crippen molar-refractivity contribution >= 4 is 33.3 Å². The number of aromatic nitrogens is 1. The van der Waals surface area contributed by atoms with Crippen molar-refractivity contribution in [1.29, 1.82) is 0 Å². The Morgan fingerprint density at radius 3 is 2.28 bits per heavy atom. The van der Waals surface area contributed by atoms with E-state index in [0.717, 1.165) is 19.3 Å². The Labute approximate surface area is 212 Å². The number of likely N-dealkylation sites (tertiary alicyclic amines) is 1. The Morgan fingerprint density at radius 2 is 1.64 bits per heavy atom. The van der Waals surface area contributed by atoms with Crippen molar-refractivity contribution in [2.45, 2.75) is 57.8 Å². The van der Waals surface area contributed by atoms with Crippen molar-refractivity contribution in [2.24, 2.45) is 5.92 Å². The number of rotatable bonds is 6. The van der Waals surface area contributed by atoms with E-state index in [2.05, 4.69) is 10.3 Å². The van der Waals surface area contributed by atoms with Crippen LogP contribution in [-0.4, -0.2) is 66.4 Å². The SMILES string of the molecule is CC(=O)c1cccc(NC(=O)C2CCN(S(=O)(=O)c3c(C)[nH]c(C)c3C(=O)N3CCCCC3)CC2)c1. The molecule has 9 nitrogen and oxygen atoms in total. The number of hydrogen-bond donors (Lipinski definition) is 2. The summed E-state index contributed by atoms with van der Waals surface area (Å²) in [5, 5.41) is 2.85. The molecule has 2 aromatic rings. The van der Waals surface area contributed by atoms with E-state index < -0.39 is 10.0 Å². The van der Waals surface area contributed by atoms with Crippen LogP contribution in [0.2, 0.25) is 0 Å². The van der Waals surface area contributed by atoms with Gasteiger partial charge in [0.25, 0.3) is 5.91 Å². The number of benzene rings is 1. The molecule has 1 aromatic carbocycles. The second-order valence-corrected chi connectivity index (χ2v) is 11.6. The minimum absolute atomic E-state index is 0.0551. The van der Waals surface area contributed by atoms with Crippen molar-refractivity contribution in [3.05, 3.63) is 46.8 Å². The number of aromatic amines is 1. The molecule has 10 heteroatoms. The van der Waals surface area contributed by atoms with Crippen LogP contribution in [-0.2, 0) is 14.8 Å². The molecule has 2 amide bonds. The van der Waals surface area contributed by atoms with Crippen molar-refractivity contribution in [1.82, 2.24) is 14.2 Å². The highest BCUT2D eigenvalue weighted by molar-refractivity contribution is 7.89. The summed E-state index contributed by atoms with van der Waals surface area (Å²) in [5.74, 6) is -0.862. The molecule has 2 aliphatic rings. The number of nitrogens with zero attached hydrogens (tertiary/aromatic N) is 2. The quantitative estimate of drug-likeness (QED) is 0.572. The minimum Gasteiger partial charge on any atom is -0.361 e. The van der Waals surface area contributed by atoms with E-state index in [9.17, 15) is 22.8 Å². The van der Waals surface area contributed by atoms with Crippen LogP contribution in [0, 0.1) is 19.8 Å². The van der Waals surface area contributed by atoms with Gasteiger partial charge in [-0.3, -0.25) is 14.4 Å². The molecule has 0 atom stereocenters. The average Bonchev–Trinajstić information content (AvgIpc) is 3.18. The molecule has 2 fully saturated rings. The summed E-state index contributed by atoms with van der Waals surface area (Å²) in [6.07, 6.45) is 3.66. The number of carbonyl (C=O) groups is 3. The molecule has 0 saturated carbocycles. The zero-order chi connectivity index (χ0) is 26.0. The molecule has 194 valence electrons. The lowest BCUT2D eigenvalue weighted by atomic mass is 9.97. The molecular weight excluding hydrogens is 480 g/mol. The van der Waals surface area contributed by atoms with E-state index in [-0.39, 0.29) is 47.1 Å². The summed E-state index contributed by atoms with van der Waals surface area (Å²) in [7, 11) is -3.92. The van der Waals surface area contributed by atoms with Crippen LogP contribution in [0.4, 0.5) is 5.69 Å². The van der Waals surface area contributed by atoms with Crippen LogP contribution in [0.5, 0.6) is 0 Å². The molecule has 0 bridgehead atoms.